The van der Waals surface area contributed by atoms with Crippen molar-refractivity contribution >= 4 is 5.91 Å². The fourth-order valence-corrected chi connectivity index (χ4v) is 2.24. The number of carbonyl (C=O) groups excluding carboxylic acids is 1. The largest absolute Gasteiger partial charge is 0.435 e. The number of alkyl halides is 3. The molecule has 0 spiro atoms. The summed E-state index contributed by atoms with van der Waals surface area (Å²) in [5.41, 5.74) is 4.57. The number of aromatic nitrogens is 2. The molecule has 1 amide bonds. The zero-order chi connectivity index (χ0) is 15.0. The average molecular weight is 290 g/mol. The first-order valence-electron chi connectivity index (χ1n) is 6.32. The second-order valence-corrected chi connectivity index (χ2v) is 5.48. The zero-order valence-electron chi connectivity index (χ0n) is 11.2. The maximum atomic E-state index is 12.4. The quantitative estimate of drug-likeness (QED) is 0.906. The maximum Gasteiger partial charge on any atom is 0.435 e. The van der Waals surface area contributed by atoms with Crippen molar-refractivity contribution in [3.8, 4) is 0 Å². The fraction of sp³-hybridized carbons (Fsp3) is 0.667. The predicted octanol–water partition coefficient (Wildman–Crippen LogP) is 1.10. The summed E-state index contributed by atoms with van der Waals surface area (Å²) in [5.74, 6) is -0.237. The van der Waals surface area contributed by atoms with Gasteiger partial charge in [0.15, 0.2) is 5.69 Å². The second-order valence-electron chi connectivity index (χ2n) is 5.48. The molecular weight excluding hydrogens is 273 g/mol. The maximum absolute atomic E-state index is 12.4. The number of carbonyl (C=O) groups is 1. The van der Waals surface area contributed by atoms with Gasteiger partial charge in [-0.15, -0.1) is 0 Å². The number of likely N-dealkylation sites (tertiary alicyclic amines) is 1. The Labute approximate surface area is 114 Å². The van der Waals surface area contributed by atoms with E-state index in [4.69, 9.17) is 5.73 Å². The highest BCUT2D eigenvalue weighted by Gasteiger charge is 2.36. The molecule has 2 N–H and O–H groups in total. The molecular formula is C12H17F3N4O. The Kier molecular flexibility index (Phi) is 3.77. The number of nitrogens with zero attached hydrogens (tertiary/aromatic N) is 3. The highest BCUT2D eigenvalue weighted by atomic mass is 19.4. The van der Waals surface area contributed by atoms with E-state index in [1.54, 1.807) is 4.90 Å². The predicted molar refractivity (Wildman–Crippen MR) is 65.6 cm³/mol. The molecule has 0 aromatic carbocycles. The van der Waals surface area contributed by atoms with Gasteiger partial charge in [-0.2, -0.15) is 18.3 Å². The Morgan fingerprint density at radius 2 is 2.25 bits per heavy atom. The Morgan fingerprint density at radius 3 is 2.75 bits per heavy atom. The van der Waals surface area contributed by atoms with Crippen LogP contribution >= 0.6 is 0 Å². The Bertz CT molecular complexity index is 499. The van der Waals surface area contributed by atoms with Crippen LogP contribution in [0.3, 0.4) is 0 Å². The van der Waals surface area contributed by atoms with Crippen LogP contribution in [0.15, 0.2) is 12.3 Å². The Morgan fingerprint density at radius 1 is 1.55 bits per heavy atom. The molecule has 1 aliphatic heterocycles. The minimum atomic E-state index is -4.49. The molecule has 2 heterocycles. The van der Waals surface area contributed by atoms with Crippen LogP contribution in [0.25, 0.3) is 0 Å². The van der Waals surface area contributed by atoms with E-state index < -0.39 is 11.9 Å². The van der Waals surface area contributed by atoms with Gasteiger partial charge in [0.05, 0.1) is 0 Å². The van der Waals surface area contributed by atoms with Crippen molar-refractivity contribution in [2.75, 3.05) is 19.6 Å². The minimum Gasteiger partial charge on any atom is -0.340 e. The standard InChI is InChI=1S/C12H17F3N4O/c1-11(7-16)3-5-18(8-11)10(20)6-19-4-2-9(17-19)12(13,14)15/h2,4H,3,5-8,16H2,1H3. The van der Waals surface area contributed by atoms with Crippen LogP contribution in [-0.2, 0) is 17.5 Å². The van der Waals surface area contributed by atoms with Crippen LogP contribution in [0.4, 0.5) is 13.2 Å². The summed E-state index contributed by atoms with van der Waals surface area (Å²) in [4.78, 5) is 13.6. The van der Waals surface area contributed by atoms with Crippen molar-refractivity contribution in [2.45, 2.75) is 26.1 Å². The molecule has 1 aromatic rings. The van der Waals surface area contributed by atoms with Gasteiger partial charge in [-0.05, 0) is 24.4 Å². The Balaban J connectivity index is 1.97. The van der Waals surface area contributed by atoms with E-state index in [1.165, 1.54) is 6.20 Å². The third-order valence-electron chi connectivity index (χ3n) is 3.63. The molecule has 0 aliphatic carbocycles. The van der Waals surface area contributed by atoms with Gasteiger partial charge in [-0.1, -0.05) is 6.92 Å². The molecule has 2 rings (SSSR count). The lowest BCUT2D eigenvalue weighted by molar-refractivity contribution is -0.142. The van der Waals surface area contributed by atoms with Crippen LogP contribution in [0.2, 0.25) is 0 Å². The molecule has 112 valence electrons. The zero-order valence-corrected chi connectivity index (χ0v) is 11.2. The third-order valence-corrected chi connectivity index (χ3v) is 3.63. The first-order valence-corrected chi connectivity index (χ1v) is 6.32. The first kappa shape index (κ1) is 14.8. The number of nitrogens with two attached hydrogens (primary N) is 1. The van der Waals surface area contributed by atoms with Gasteiger partial charge in [-0.25, -0.2) is 0 Å². The summed E-state index contributed by atoms with van der Waals surface area (Å²) in [6, 6.07) is 0.862. The fourth-order valence-electron chi connectivity index (χ4n) is 2.24. The molecule has 1 atom stereocenters. The van der Waals surface area contributed by atoms with Crippen molar-refractivity contribution in [2.24, 2.45) is 11.1 Å². The molecule has 1 saturated heterocycles. The second kappa shape index (κ2) is 5.08. The van der Waals surface area contributed by atoms with Crippen LogP contribution in [0.5, 0.6) is 0 Å². The molecule has 5 nitrogen and oxygen atoms in total. The van der Waals surface area contributed by atoms with E-state index in [9.17, 15) is 18.0 Å². The van der Waals surface area contributed by atoms with E-state index in [0.717, 1.165) is 17.2 Å². The monoisotopic (exact) mass is 290 g/mol. The lowest BCUT2D eigenvalue weighted by Crippen LogP contribution is -2.36. The first-order chi connectivity index (χ1) is 9.23. The highest BCUT2D eigenvalue weighted by molar-refractivity contribution is 5.76. The van der Waals surface area contributed by atoms with E-state index in [1.807, 2.05) is 6.92 Å². The van der Waals surface area contributed by atoms with E-state index in [0.29, 0.717) is 19.6 Å². The third kappa shape index (κ3) is 3.12. The number of hydrogen-bond acceptors (Lipinski definition) is 3. The topological polar surface area (TPSA) is 64.2 Å². The van der Waals surface area contributed by atoms with Crippen LogP contribution in [0.1, 0.15) is 19.0 Å². The molecule has 1 fully saturated rings. The number of halogens is 3. The summed E-state index contributed by atoms with van der Waals surface area (Å²) in [7, 11) is 0. The molecule has 1 unspecified atom stereocenters. The smallest absolute Gasteiger partial charge is 0.340 e. The van der Waals surface area contributed by atoms with Crippen LogP contribution in [-0.4, -0.2) is 40.2 Å². The molecule has 0 radical (unpaired) electrons. The molecule has 8 heteroatoms. The highest BCUT2D eigenvalue weighted by Crippen LogP contribution is 2.29. The minimum absolute atomic E-state index is 0.100. The Hall–Kier alpha value is -1.57. The van der Waals surface area contributed by atoms with Gasteiger partial charge < -0.3 is 10.6 Å². The molecule has 0 bridgehead atoms. The van der Waals surface area contributed by atoms with Gasteiger partial charge in [-0.3, -0.25) is 9.48 Å². The van der Waals surface area contributed by atoms with Crippen LogP contribution in [0, 0.1) is 5.41 Å². The van der Waals surface area contributed by atoms with E-state index >= 15 is 0 Å². The lowest BCUT2D eigenvalue weighted by atomic mass is 9.90. The van der Waals surface area contributed by atoms with Crippen molar-refractivity contribution in [1.29, 1.82) is 0 Å². The average Bonchev–Trinajstić information content (AvgIpc) is 2.96. The number of amides is 1. The van der Waals surface area contributed by atoms with Crippen LogP contribution < -0.4 is 5.73 Å². The normalized spacial score (nSPS) is 23.4. The molecule has 1 aliphatic rings. The molecule has 20 heavy (non-hydrogen) atoms. The van der Waals surface area contributed by atoms with Gasteiger partial charge in [0, 0.05) is 19.3 Å². The molecule has 0 saturated carbocycles. The van der Waals surface area contributed by atoms with Crippen molar-refractivity contribution in [1.82, 2.24) is 14.7 Å². The van der Waals surface area contributed by atoms with Gasteiger partial charge in [0.25, 0.3) is 0 Å². The molecule has 1 aromatic heterocycles. The van der Waals surface area contributed by atoms with Gasteiger partial charge in [0.1, 0.15) is 6.54 Å². The van der Waals surface area contributed by atoms with Gasteiger partial charge in [0.2, 0.25) is 5.91 Å². The summed E-state index contributed by atoms with van der Waals surface area (Å²) in [6.07, 6.45) is -2.51. The summed E-state index contributed by atoms with van der Waals surface area (Å²) < 4.78 is 38.2. The summed E-state index contributed by atoms with van der Waals surface area (Å²) in [5, 5.41) is 3.37. The van der Waals surface area contributed by atoms with Crippen molar-refractivity contribution in [3.63, 3.8) is 0 Å². The van der Waals surface area contributed by atoms with E-state index in [2.05, 4.69) is 5.10 Å². The van der Waals surface area contributed by atoms with Crippen molar-refractivity contribution in [3.05, 3.63) is 18.0 Å². The summed E-state index contributed by atoms with van der Waals surface area (Å²) >= 11 is 0. The number of hydrogen-bond donors (Lipinski definition) is 1. The SMILES string of the molecule is CC1(CN)CCN(C(=O)Cn2ccc(C(F)(F)F)n2)C1. The van der Waals surface area contributed by atoms with Gasteiger partial charge >= 0.3 is 6.18 Å². The lowest BCUT2D eigenvalue weighted by Gasteiger charge is -2.22. The number of rotatable bonds is 3. The summed E-state index contributed by atoms with van der Waals surface area (Å²) in [6.45, 7) is 3.42. The van der Waals surface area contributed by atoms with E-state index in [-0.39, 0.29) is 17.9 Å². The van der Waals surface area contributed by atoms with Crippen molar-refractivity contribution < 1.29 is 18.0 Å².